The Kier molecular flexibility index (Phi) is 8.02. The van der Waals surface area contributed by atoms with Gasteiger partial charge in [-0.15, -0.1) is 11.8 Å². The van der Waals surface area contributed by atoms with Gasteiger partial charge in [0.15, 0.2) is 0 Å². The largest absolute Gasteiger partial charge is 0.469 e. The number of ether oxygens (including phenoxy) is 1. The summed E-state index contributed by atoms with van der Waals surface area (Å²) in [6, 6.07) is 8.33. The smallest absolute Gasteiger partial charge is 0.310 e. The number of amides is 1. The molecule has 0 bridgehead atoms. The number of esters is 1. The Hall–Kier alpha value is -1.49. The number of methoxy groups -OCH3 is 1. The first-order valence-electron chi connectivity index (χ1n) is 7.46. The number of thioether (sulfide) groups is 1. The lowest BCUT2D eigenvalue weighted by molar-refractivity contribution is -0.146. The molecular weight excluding hydrogens is 298 g/mol. The lowest BCUT2D eigenvalue weighted by atomic mass is 10.1. The fourth-order valence-electron chi connectivity index (χ4n) is 2.05. The molecule has 1 amide bonds. The van der Waals surface area contributed by atoms with Gasteiger partial charge < -0.3 is 9.64 Å². The van der Waals surface area contributed by atoms with E-state index in [4.69, 9.17) is 4.74 Å². The Morgan fingerprint density at radius 1 is 1.27 bits per heavy atom. The summed E-state index contributed by atoms with van der Waals surface area (Å²) in [5.41, 5.74) is 2.45. The molecule has 22 heavy (non-hydrogen) atoms. The number of hydrogen-bond donors (Lipinski definition) is 0. The van der Waals surface area contributed by atoms with E-state index in [2.05, 4.69) is 31.2 Å². The molecule has 0 heterocycles. The molecule has 0 aromatic heterocycles. The molecule has 4 nitrogen and oxygen atoms in total. The molecule has 5 heteroatoms. The number of nitrogens with zero attached hydrogens (tertiary/aromatic N) is 1. The molecule has 1 rings (SSSR count). The van der Waals surface area contributed by atoms with Crippen LogP contribution in [0.15, 0.2) is 24.3 Å². The van der Waals surface area contributed by atoms with Crippen molar-refractivity contribution in [3.05, 3.63) is 35.4 Å². The highest BCUT2D eigenvalue weighted by molar-refractivity contribution is 7.99. The van der Waals surface area contributed by atoms with Gasteiger partial charge in [0.1, 0.15) is 0 Å². The number of aryl methyl sites for hydroxylation is 1. The number of hydrogen-bond acceptors (Lipinski definition) is 4. The number of benzene rings is 1. The molecule has 1 unspecified atom stereocenters. The molecule has 0 saturated carbocycles. The van der Waals surface area contributed by atoms with Crippen molar-refractivity contribution in [2.45, 2.75) is 26.5 Å². The van der Waals surface area contributed by atoms with E-state index in [0.717, 1.165) is 5.75 Å². The number of carbonyl (C=O) groups is 2. The van der Waals surface area contributed by atoms with Crippen LogP contribution in [0.25, 0.3) is 0 Å². The first-order chi connectivity index (χ1) is 10.5. The van der Waals surface area contributed by atoms with Gasteiger partial charge in [-0.2, -0.15) is 0 Å². The average molecular weight is 323 g/mol. The second kappa shape index (κ2) is 9.51. The second-order valence-corrected chi connectivity index (χ2v) is 6.32. The van der Waals surface area contributed by atoms with Crippen LogP contribution in [0.1, 0.15) is 25.0 Å². The summed E-state index contributed by atoms with van der Waals surface area (Å²) in [7, 11) is 1.37. The van der Waals surface area contributed by atoms with E-state index in [9.17, 15) is 9.59 Å². The Balaban J connectivity index is 2.41. The Bertz CT molecular complexity index is 487. The van der Waals surface area contributed by atoms with Gasteiger partial charge >= 0.3 is 5.97 Å². The van der Waals surface area contributed by atoms with Gasteiger partial charge in [-0.3, -0.25) is 9.59 Å². The highest BCUT2D eigenvalue weighted by Gasteiger charge is 2.20. The molecule has 0 radical (unpaired) electrons. The topological polar surface area (TPSA) is 46.6 Å². The third-order valence-corrected chi connectivity index (χ3v) is 4.44. The molecule has 1 atom stereocenters. The normalized spacial score (nSPS) is 11.8. The molecule has 122 valence electrons. The molecule has 1 aromatic carbocycles. The maximum absolute atomic E-state index is 12.2. The van der Waals surface area contributed by atoms with Crippen LogP contribution in [0.5, 0.6) is 0 Å². The van der Waals surface area contributed by atoms with Crippen molar-refractivity contribution in [1.29, 1.82) is 0 Å². The second-order valence-electron chi connectivity index (χ2n) is 5.33. The van der Waals surface area contributed by atoms with Crippen LogP contribution in [-0.4, -0.2) is 42.7 Å². The zero-order valence-corrected chi connectivity index (χ0v) is 14.6. The highest BCUT2D eigenvalue weighted by atomic mass is 32.2. The molecular formula is C17H25NO3S. The van der Waals surface area contributed by atoms with E-state index in [1.807, 2.05) is 6.92 Å². The summed E-state index contributed by atoms with van der Waals surface area (Å²) in [4.78, 5) is 25.4. The van der Waals surface area contributed by atoms with Crippen molar-refractivity contribution in [1.82, 2.24) is 4.90 Å². The van der Waals surface area contributed by atoms with Crippen LogP contribution in [0, 0.1) is 12.8 Å². The monoisotopic (exact) mass is 323 g/mol. The Morgan fingerprint density at radius 2 is 1.91 bits per heavy atom. The minimum Gasteiger partial charge on any atom is -0.469 e. The Labute approximate surface area is 137 Å². The third-order valence-electron chi connectivity index (χ3n) is 3.45. The van der Waals surface area contributed by atoms with Crippen molar-refractivity contribution < 1.29 is 14.3 Å². The van der Waals surface area contributed by atoms with Crippen LogP contribution in [0.3, 0.4) is 0 Å². The lowest BCUT2D eigenvalue weighted by Crippen LogP contribution is -2.38. The summed E-state index contributed by atoms with van der Waals surface area (Å²) in [5, 5.41) is 0. The highest BCUT2D eigenvalue weighted by Crippen LogP contribution is 2.14. The van der Waals surface area contributed by atoms with Crippen molar-refractivity contribution in [2.75, 3.05) is 26.0 Å². The van der Waals surface area contributed by atoms with E-state index in [0.29, 0.717) is 18.8 Å². The quantitative estimate of drug-likeness (QED) is 0.690. The van der Waals surface area contributed by atoms with Gasteiger partial charge in [0.05, 0.1) is 18.8 Å². The first-order valence-corrected chi connectivity index (χ1v) is 8.62. The molecule has 0 spiro atoms. The zero-order chi connectivity index (χ0) is 16.5. The van der Waals surface area contributed by atoms with Crippen LogP contribution in [0.2, 0.25) is 0 Å². The molecule has 0 aliphatic rings. The number of carbonyl (C=O) groups excluding carboxylic acids is 2. The van der Waals surface area contributed by atoms with Crippen molar-refractivity contribution in [2.24, 2.45) is 5.92 Å². The van der Waals surface area contributed by atoms with Crippen LogP contribution >= 0.6 is 11.8 Å². The summed E-state index contributed by atoms with van der Waals surface area (Å²) < 4.78 is 4.70. The van der Waals surface area contributed by atoms with Crippen molar-refractivity contribution in [3.8, 4) is 0 Å². The van der Waals surface area contributed by atoms with Crippen molar-refractivity contribution >= 4 is 23.6 Å². The fourth-order valence-corrected chi connectivity index (χ4v) is 2.93. The van der Waals surface area contributed by atoms with E-state index in [1.54, 1.807) is 23.6 Å². The standard InChI is InChI=1S/C17H25NO3S/c1-5-18(10-14(3)17(20)21-4)16(19)12-22-11-15-8-6-13(2)7-9-15/h6-9,14H,5,10-12H2,1-4H3. The first kappa shape index (κ1) is 18.6. The molecule has 0 aliphatic heterocycles. The molecule has 0 N–H and O–H groups in total. The van der Waals surface area contributed by atoms with Crippen LogP contribution in [0.4, 0.5) is 0 Å². The molecule has 0 aliphatic carbocycles. The predicted octanol–water partition coefficient (Wildman–Crippen LogP) is 2.89. The predicted molar refractivity (Wildman–Crippen MR) is 90.8 cm³/mol. The van der Waals surface area contributed by atoms with Gasteiger partial charge in [0.2, 0.25) is 5.91 Å². The fraction of sp³-hybridized carbons (Fsp3) is 0.529. The minimum atomic E-state index is -0.295. The lowest BCUT2D eigenvalue weighted by Gasteiger charge is -2.23. The zero-order valence-electron chi connectivity index (χ0n) is 13.8. The van der Waals surface area contributed by atoms with Crippen LogP contribution in [-0.2, 0) is 20.1 Å². The van der Waals surface area contributed by atoms with E-state index < -0.39 is 0 Å². The van der Waals surface area contributed by atoms with E-state index >= 15 is 0 Å². The van der Waals surface area contributed by atoms with E-state index in [-0.39, 0.29) is 17.8 Å². The third kappa shape index (κ3) is 6.10. The maximum Gasteiger partial charge on any atom is 0.310 e. The summed E-state index contributed by atoms with van der Waals surface area (Å²) >= 11 is 1.60. The average Bonchev–Trinajstić information content (AvgIpc) is 2.53. The van der Waals surface area contributed by atoms with Gasteiger partial charge in [0.25, 0.3) is 0 Å². The van der Waals surface area contributed by atoms with Crippen molar-refractivity contribution in [3.63, 3.8) is 0 Å². The summed E-state index contributed by atoms with van der Waals surface area (Å²) in [6.45, 7) is 6.77. The van der Waals surface area contributed by atoms with Gasteiger partial charge in [0, 0.05) is 18.8 Å². The molecule has 1 aromatic rings. The van der Waals surface area contributed by atoms with Crippen LogP contribution < -0.4 is 0 Å². The Morgan fingerprint density at radius 3 is 2.45 bits per heavy atom. The van der Waals surface area contributed by atoms with Gasteiger partial charge in [-0.05, 0) is 19.4 Å². The molecule has 0 saturated heterocycles. The van der Waals surface area contributed by atoms with E-state index in [1.165, 1.54) is 18.2 Å². The minimum absolute atomic E-state index is 0.0652. The van der Waals surface area contributed by atoms with Gasteiger partial charge in [-0.25, -0.2) is 0 Å². The van der Waals surface area contributed by atoms with Gasteiger partial charge in [-0.1, -0.05) is 36.8 Å². The summed E-state index contributed by atoms with van der Waals surface area (Å²) in [5.74, 6) is 0.732. The summed E-state index contributed by atoms with van der Waals surface area (Å²) in [6.07, 6.45) is 0. The SMILES string of the molecule is CCN(CC(C)C(=O)OC)C(=O)CSCc1ccc(C)cc1. The molecule has 0 fully saturated rings. The number of rotatable bonds is 8. The maximum atomic E-state index is 12.2.